The van der Waals surface area contributed by atoms with E-state index in [0.29, 0.717) is 17.0 Å². The van der Waals surface area contributed by atoms with Gasteiger partial charge in [-0.1, -0.05) is 0 Å². The Morgan fingerprint density at radius 2 is 1.94 bits per heavy atom. The highest BCUT2D eigenvalue weighted by Gasteiger charge is 2.27. The second-order valence-electron chi connectivity index (χ2n) is 3.69. The first-order valence-electron chi connectivity index (χ1n) is 4.84. The molecule has 0 spiro atoms. The molecule has 0 amide bonds. The van der Waals surface area contributed by atoms with Gasteiger partial charge in [-0.3, -0.25) is 9.48 Å². The Bertz CT molecular complexity index is 407. The van der Waals surface area contributed by atoms with Crippen LogP contribution < -0.4 is 0 Å². The molecule has 0 radical (unpaired) electrons. The molecule has 0 aliphatic carbocycles. The third-order valence-electron chi connectivity index (χ3n) is 2.34. The molecule has 1 aromatic rings. The van der Waals surface area contributed by atoms with Gasteiger partial charge in [0.05, 0.1) is 17.7 Å². The van der Waals surface area contributed by atoms with Crippen molar-refractivity contribution in [2.45, 2.75) is 39.9 Å². The Morgan fingerprint density at radius 3 is 2.31 bits per heavy atom. The molecule has 0 unspecified atom stereocenters. The number of hydrogen-bond donors (Lipinski definition) is 0. The summed E-state index contributed by atoms with van der Waals surface area (Å²) in [6, 6.07) is 0. The molecule has 0 N–H and O–H groups in total. The van der Waals surface area contributed by atoms with E-state index in [0.717, 1.165) is 0 Å². The van der Waals surface area contributed by atoms with Crippen molar-refractivity contribution in [3.05, 3.63) is 17.0 Å². The van der Waals surface area contributed by atoms with E-state index < -0.39 is 12.6 Å². The standard InChI is InChI=1S/C10H13F3N2O/c1-6-9(8(3)16)7(2)15(14-6)5-4-10(11,12)13/h4-5H2,1-3H3. The topological polar surface area (TPSA) is 34.9 Å². The fourth-order valence-corrected chi connectivity index (χ4v) is 1.66. The maximum absolute atomic E-state index is 12.0. The van der Waals surface area contributed by atoms with E-state index in [9.17, 15) is 18.0 Å². The summed E-state index contributed by atoms with van der Waals surface area (Å²) in [5.74, 6) is -0.173. The zero-order valence-electron chi connectivity index (χ0n) is 9.35. The Morgan fingerprint density at radius 1 is 1.38 bits per heavy atom. The highest BCUT2D eigenvalue weighted by atomic mass is 19.4. The van der Waals surface area contributed by atoms with Crippen molar-refractivity contribution in [1.82, 2.24) is 9.78 Å². The lowest BCUT2D eigenvalue weighted by atomic mass is 10.1. The fourth-order valence-electron chi connectivity index (χ4n) is 1.66. The van der Waals surface area contributed by atoms with Crippen LogP contribution in [0, 0.1) is 13.8 Å². The molecular weight excluding hydrogens is 221 g/mol. The molecule has 3 nitrogen and oxygen atoms in total. The van der Waals surface area contributed by atoms with Gasteiger partial charge in [-0.2, -0.15) is 18.3 Å². The SMILES string of the molecule is CC(=O)c1c(C)nn(CCC(F)(F)F)c1C. The third-order valence-corrected chi connectivity index (χ3v) is 2.34. The molecule has 6 heteroatoms. The summed E-state index contributed by atoms with van der Waals surface area (Å²) in [5, 5.41) is 3.93. The number of Topliss-reactive ketones (excluding diaryl/α,β-unsaturated/α-hetero) is 1. The van der Waals surface area contributed by atoms with Crippen LogP contribution in [-0.2, 0) is 6.54 Å². The minimum Gasteiger partial charge on any atom is -0.294 e. The first kappa shape index (κ1) is 12.7. The molecular formula is C10H13F3N2O. The van der Waals surface area contributed by atoms with Crippen LogP contribution in [0.3, 0.4) is 0 Å². The number of carbonyl (C=O) groups is 1. The Labute approximate surface area is 91.3 Å². The van der Waals surface area contributed by atoms with Gasteiger partial charge < -0.3 is 0 Å². The van der Waals surface area contributed by atoms with E-state index in [1.807, 2.05) is 0 Å². The van der Waals surface area contributed by atoms with Crippen LogP contribution in [0.2, 0.25) is 0 Å². The Hall–Kier alpha value is -1.33. The lowest BCUT2D eigenvalue weighted by molar-refractivity contribution is -0.137. The van der Waals surface area contributed by atoms with Crippen LogP contribution in [0.1, 0.15) is 35.1 Å². The molecule has 1 rings (SSSR count). The normalized spacial score (nSPS) is 11.9. The number of nitrogens with zero attached hydrogens (tertiary/aromatic N) is 2. The molecule has 0 aromatic carbocycles. The average molecular weight is 234 g/mol. The summed E-state index contributed by atoms with van der Waals surface area (Å²) in [6.45, 7) is 4.36. The van der Waals surface area contributed by atoms with E-state index in [-0.39, 0.29) is 12.3 Å². The number of halogens is 3. The highest BCUT2D eigenvalue weighted by molar-refractivity contribution is 5.96. The predicted octanol–water partition coefficient (Wildman–Crippen LogP) is 2.65. The largest absolute Gasteiger partial charge is 0.390 e. The van der Waals surface area contributed by atoms with Crippen LogP contribution >= 0.6 is 0 Å². The molecule has 0 saturated carbocycles. The zero-order valence-corrected chi connectivity index (χ0v) is 9.35. The van der Waals surface area contributed by atoms with E-state index in [2.05, 4.69) is 5.10 Å². The summed E-state index contributed by atoms with van der Waals surface area (Å²) >= 11 is 0. The average Bonchev–Trinajstić information content (AvgIpc) is 2.36. The summed E-state index contributed by atoms with van der Waals surface area (Å²) < 4.78 is 37.3. The van der Waals surface area contributed by atoms with Gasteiger partial charge in [0.25, 0.3) is 0 Å². The van der Waals surface area contributed by atoms with Crippen LogP contribution in [0.4, 0.5) is 13.2 Å². The second kappa shape index (κ2) is 4.27. The Balaban J connectivity index is 2.91. The minimum absolute atomic E-state index is 0.173. The second-order valence-corrected chi connectivity index (χ2v) is 3.69. The van der Waals surface area contributed by atoms with E-state index in [4.69, 9.17) is 0 Å². The summed E-state index contributed by atoms with van der Waals surface area (Å²) in [7, 11) is 0. The van der Waals surface area contributed by atoms with Crippen molar-refractivity contribution in [3.8, 4) is 0 Å². The van der Waals surface area contributed by atoms with Gasteiger partial charge in [-0.25, -0.2) is 0 Å². The molecule has 1 heterocycles. The van der Waals surface area contributed by atoms with Crippen LogP contribution in [0.25, 0.3) is 0 Å². The van der Waals surface area contributed by atoms with Crippen LogP contribution in [0.15, 0.2) is 0 Å². The summed E-state index contributed by atoms with van der Waals surface area (Å²) in [4.78, 5) is 11.2. The van der Waals surface area contributed by atoms with Gasteiger partial charge in [0.2, 0.25) is 0 Å². The van der Waals surface area contributed by atoms with Crippen molar-refractivity contribution in [2.24, 2.45) is 0 Å². The molecule has 0 fully saturated rings. The Kier molecular flexibility index (Phi) is 3.40. The van der Waals surface area contributed by atoms with Crippen molar-refractivity contribution < 1.29 is 18.0 Å². The number of carbonyl (C=O) groups excluding carboxylic acids is 1. The maximum Gasteiger partial charge on any atom is 0.390 e. The summed E-state index contributed by atoms with van der Waals surface area (Å²) in [6.07, 6.45) is -5.14. The van der Waals surface area contributed by atoms with Crippen molar-refractivity contribution in [2.75, 3.05) is 0 Å². The first-order valence-corrected chi connectivity index (χ1v) is 4.84. The van der Waals surface area contributed by atoms with Gasteiger partial charge in [0, 0.05) is 12.2 Å². The van der Waals surface area contributed by atoms with Crippen molar-refractivity contribution >= 4 is 5.78 Å². The van der Waals surface area contributed by atoms with Gasteiger partial charge >= 0.3 is 6.18 Å². The first-order chi connectivity index (χ1) is 7.22. The van der Waals surface area contributed by atoms with Crippen LogP contribution in [-0.4, -0.2) is 21.7 Å². The third kappa shape index (κ3) is 2.84. The number of aromatic nitrogens is 2. The molecule has 1 aromatic heterocycles. The van der Waals surface area contributed by atoms with Gasteiger partial charge in [0.15, 0.2) is 5.78 Å². The number of rotatable bonds is 3. The number of ketones is 1. The monoisotopic (exact) mass is 234 g/mol. The zero-order chi connectivity index (χ0) is 12.5. The van der Waals surface area contributed by atoms with Gasteiger partial charge in [-0.15, -0.1) is 0 Å². The number of alkyl halides is 3. The smallest absolute Gasteiger partial charge is 0.294 e. The number of aryl methyl sites for hydroxylation is 2. The lowest BCUT2D eigenvalue weighted by Crippen LogP contribution is -2.14. The van der Waals surface area contributed by atoms with E-state index in [1.165, 1.54) is 11.6 Å². The minimum atomic E-state index is -4.21. The maximum atomic E-state index is 12.0. The number of hydrogen-bond acceptors (Lipinski definition) is 2. The summed E-state index contributed by atoms with van der Waals surface area (Å²) in [5.41, 5.74) is 1.39. The molecule has 90 valence electrons. The fraction of sp³-hybridized carbons (Fsp3) is 0.600. The molecule has 0 bridgehead atoms. The van der Waals surface area contributed by atoms with E-state index >= 15 is 0 Å². The predicted molar refractivity (Wildman–Crippen MR) is 52.4 cm³/mol. The van der Waals surface area contributed by atoms with Gasteiger partial charge in [0.1, 0.15) is 0 Å². The highest BCUT2D eigenvalue weighted by Crippen LogP contribution is 2.21. The molecule has 16 heavy (non-hydrogen) atoms. The molecule has 0 saturated heterocycles. The quantitative estimate of drug-likeness (QED) is 0.753. The van der Waals surface area contributed by atoms with Crippen molar-refractivity contribution in [3.63, 3.8) is 0 Å². The van der Waals surface area contributed by atoms with Crippen molar-refractivity contribution in [1.29, 1.82) is 0 Å². The van der Waals surface area contributed by atoms with Gasteiger partial charge in [-0.05, 0) is 20.8 Å². The van der Waals surface area contributed by atoms with Crippen LogP contribution in [0.5, 0.6) is 0 Å². The molecule has 0 aliphatic rings. The lowest BCUT2D eigenvalue weighted by Gasteiger charge is -2.07. The van der Waals surface area contributed by atoms with E-state index in [1.54, 1.807) is 13.8 Å². The molecule has 0 aliphatic heterocycles. The molecule has 0 atom stereocenters.